The van der Waals surface area contributed by atoms with Crippen LogP contribution in [-0.4, -0.2) is 110 Å². The van der Waals surface area contributed by atoms with Gasteiger partial charge in [-0.25, -0.2) is 0 Å². The number of hydrogen-bond acceptors (Lipinski definition) is 10. The first kappa shape index (κ1) is 62.1. The zero-order chi connectivity index (χ0) is 47.6. The zero-order valence-electron chi connectivity index (χ0n) is 42.2. The second kappa shape index (κ2) is 44.3. The van der Waals surface area contributed by atoms with Crippen molar-refractivity contribution in [2.45, 2.75) is 326 Å². The van der Waals surface area contributed by atoms with E-state index in [1.54, 1.807) is 0 Å². The molecule has 1 fully saturated rings. The maximum atomic E-state index is 13.1. The largest absolute Gasteiger partial charge is 0.394 e. The monoisotopic (exact) mass is 930 g/mol. The zero-order valence-corrected chi connectivity index (χ0v) is 42.2. The Kier molecular flexibility index (Phi) is 42.4. The minimum Gasteiger partial charge on any atom is -0.394 e. The summed E-state index contributed by atoms with van der Waals surface area (Å²) in [4.78, 5) is 13.1. The third-order valence-corrected chi connectivity index (χ3v) is 13.9. The second-order valence-electron chi connectivity index (χ2n) is 20.0. The van der Waals surface area contributed by atoms with Crippen molar-refractivity contribution in [1.29, 1.82) is 0 Å². The number of ether oxygens (including phenoxy) is 2. The van der Waals surface area contributed by atoms with E-state index in [2.05, 4.69) is 19.2 Å². The van der Waals surface area contributed by atoms with Gasteiger partial charge in [0.05, 0.1) is 25.4 Å². The van der Waals surface area contributed by atoms with Gasteiger partial charge in [0.25, 0.3) is 0 Å². The molecule has 1 amide bonds. The Labute approximate surface area is 399 Å². The average Bonchev–Trinajstić information content (AvgIpc) is 3.31. The molecular formula is C54H107NO10. The number of rotatable bonds is 48. The predicted octanol–water partition coefficient (Wildman–Crippen LogP) is 11.0. The lowest BCUT2D eigenvalue weighted by molar-refractivity contribution is -0.303. The van der Waals surface area contributed by atoms with Gasteiger partial charge >= 0.3 is 0 Å². The van der Waals surface area contributed by atoms with Crippen LogP contribution in [-0.2, 0) is 14.3 Å². The fourth-order valence-electron chi connectivity index (χ4n) is 9.33. The molecule has 1 rings (SSSR count). The van der Waals surface area contributed by atoms with Crippen molar-refractivity contribution in [3.05, 3.63) is 0 Å². The molecule has 11 nitrogen and oxygen atoms in total. The maximum Gasteiger partial charge on any atom is 0.249 e. The van der Waals surface area contributed by atoms with Crippen LogP contribution in [0.5, 0.6) is 0 Å². The number of aliphatic hydroxyl groups excluding tert-OH is 7. The predicted molar refractivity (Wildman–Crippen MR) is 266 cm³/mol. The van der Waals surface area contributed by atoms with Crippen molar-refractivity contribution in [3.63, 3.8) is 0 Å². The van der Waals surface area contributed by atoms with Crippen molar-refractivity contribution < 1.29 is 50.0 Å². The summed E-state index contributed by atoms with van der Waals surface area (Å²) < 4.78 is 11.1. The Morgan fingerprint density at radius 1 is 0.477 bits per heavy atom. The number of amides is 1. The Bertz CT molecular complexity index is 1020. The van der Waals surface area contributed by atoms with E-state index in [9.17, 15) is 40.5 Å². The van der Waals surface area contributed by atoms with Gasteiger partial charge < -0.3 is 50.5 Å². The van der Waals surface area contributed by atoms with E-state index in [1.165, 1.54) is 193 Å². The van der Waals surface area contributed by atoms with Crippen molar-refractivity contribution in [2.24, 2.45) is 0 Å². The summed E-state index contributed by atoms with van der Waals surface area (Å²) in [5, 5.41) is 76.0. The molecule has 1 aliphatic rings. The van der Waals surface area contributed by atoms with Crippen LogP contribution in [0.25, 0.3) is 0 Å². The lowest BCUT2D eigenvalue weighted by Crippen LogP contribution is -2.60. The third kappa shape index (κ3) is 33.3. The van der Waals surface area contributed by atoms with E-state index in [0.29, 0.717) is 19.3 Å². The highest BCUT2D eigenvalue weighted by Crippen LogP contribution is 2.23. The molecule has 0 aromatic heterocycles. The van der Waals surface area contributed by atoms with Gasteiger partial charge in [0.1, 0.15) is 36.6 Å². The molecule has 1 aliphatic heterocycles. The van der Waals surface area contributed by atoms with Gasteiger partial charge in [0.2, 0.25) is 5.91 Å². The highest BCUT2D eigenvalue weighted by molar-refractivity contribution is 5.80. The Balaban J connectivity index is 2.28. The molecule has 9 unspecified atom stereocenters. The number of hydrogen-bond donors (Lipinski definition) is 8. The van der Waals surface area contributed by atoms with E-state index in [-0.39, 0.29) is 6.42 Å². The molecule has 0 spiro atoms. The van der Waals surface area contributed by atoms with Crippen LogP contribution in [0.15, 0.2) is 0 Å². The molecule has 0 aliphatic carbocycles. The highest BCUT2D eigenvalue weighted by Gasteiger charge is 2.44. The number of carbonyl (C=O) groups is 1. The summed E-state index contributed by atoms with van der Waals surface area (Å²) in [6, 6.07) is -1.16. The molecule has 0 aromatic rings. The van der Waals surface area contributed by atoms with Gasteiger partial charge in [-0.05, 0) is 12.8 Å². The third-order valence-electron chi connectivity index (χ3n) is 13.9. The molecule has 0 saturated carbocycles. The van der Waals surface area contributed by atoms with Crippen molar-refractivity contribution in [1.82, 2.24) is 5.32 Å². The number of nitrogens with one attached hydrogen (secondary N) is 1. The van der Waals surface area contributed by atoms with Crippen LogP contribution in [0.2, 0.25) is 0 Å². The van der Waals surface area contributed by atoms with Crippen LogP contribution in [0, 0.1) is 0 Å². The molecule has 388 valence electrons. The molecule has 0 aromatic carbocycles. The van der Waals surface area contributed by atoms with E-state index in [1.807, 2.05) is 0 Å². The molecule has 1 saturated heterocycles. The first-order chi connectivity index (χ1) is 31.7. The second-order valence-corrected chi connectivity index (χ2v) is 20.0. The fourth-order valence-corrected chi connectivity index (χ4v) is 9.33. The van der Waals surface area contributed by atoms with Gasteiger partial charge in [0, 0.05) is 0 Å². The summed E-state index contributed by atoms with van der Waals surface area (Å²) in [6.07, 6.45) is 37.3. The number of unbranched alkanes of at least 4 members (excludes halogenated alkanes) is 36. The van der Waals surface area contributed by atoms with Gasteiger partial charge in [0.15, 0.2) is 6.29 Å². The summed E-state index contributed by atoms with van der Waals surface area (Å²) in [5.74, 6) is -0.692. The molecule has 11 heteroatoms. The summed E-state index contributed by atoms with van der Waals surface area (Å²) in [7, 11) is 0. The molecule has 1 heterocycles. The topological polar surface area (TPSA) is 189 Å². The summed E-state index contributed by atoms with van der Waals surface area (Å²) >= 11 is 0. The number of carbonyl (C=O) groups excluding carboxylic acids is 1. The van der Waals surface area contributed by atoms with Crippen molar-refractivity contribution in [2.75, 3.05) is 13.2 Å². The smallest absolute Gasteiger partial charge is 0.249 e. The lowest BCUT2D eigenvalue weighted by Gasteiger charge is -2.40. The van der Waals surface area contributed by atoms with E-state index >= 15 is 0 Å². The highest BCUT2D eigenvalue weighted by atomic mass is 16.7. The normalized spacial score (nSPS) is 20.8. The van der Waals surface area contributed by atoms with Crippen LogP contribution >= 0.6 is 0 Å². The van der Waals surface area contributed by atoms with E-state index in [0.717, 1.165) is 38.5 Å². The van der Waals surface area contributed by atoms with Crippen LogP contribution in [0.3, 0.4) is 0 Å². The van der Waals surface area contributed by atoms with Gasteiger partial charge in [-0.3, -0.25) is 4.79 Å². The molecule has 8 N–H and O–H groups in total. The minimum absolute atomic E-state index is 0.266. The van der Waals surface area contributed by atoms with Gasteiger partial charge in [-0.2, -0.15) is 0 Å². The molecular weight excluding hydrogens is 823 g/mol. The number of aliphatic hydroxyl groups is 7. The first-order valence-electron chi connectivity index (χ1n) is 27.9. The van der Waals surface area contributed by atoms with Gasteiger partial charge in [-0.15, -0.1) is 0 Å². The minimum atomic E-state index is -1.66. The molecule has 65 heavy (non-hydrogen) atoms. The maximum absolute atomic E-state index is 13.1. The van der Waals surface area contributed by atoms with E-state index in [4.69, 9.17) is 9.47 Å². The Morgan fingerprint density at radius 2 is 0.800 bits per heavy atom. The van der Waals surface area contributed by atoms with Crippen LogP contribution in [0.4, 0.5) is 0 Å². The Hall–Kier alpha value is -0.890. The van der Waals surface area contributed by atoms with Crippen molar-refractivity contribution >= 4 is 5.91 Å². The summed E-state index contributed by atoms with van der Waals surface area (Å²) in [6.45, 7) is 3.48. The average molecular weight is 930 g/mol. The molecule has 9 atom stereocenters. The van der Waals surface area contributed by atoms with Crippen LogP contribution < -0.4 is 5.32 Å². The lowest BCUT2D eigenvalue weighted by atomic mass is 9.98. The Morgan fingerprint density at radius 3 is 1.14 bits per heavy atom. The summed E-state index contributed by atoms with van der Waals surface area (Å²) in [5.41, 5.74) is 0. The first-order valence-corrected chi connectivity index (χ1v) is 27.9. The standard InChI is InChI=1S/C54H107NO10/c1-3-5-7-9-11-13-15-17-18-19-20-21-22-23-24-25-26-27-28-30-31-33-35-37-39-41-46(57)49(59)45(44-64-54-52(62)51(61)50(60)48(43-56)65-54)55-53(63)47(58)42-40-38-36-34-32-29-16-14-12-10-8-6-4-2/h45-52,54,56-62H,3-44H2,1-2H3,(H,55,63). The van der Waals surface area contributed by atoms with Crippen molar-refractivity contribution in [3.8, 4) is 0 Å². The SMILES string of the molecule is CCCCCCCCCCCCCCCCCCCCCCCCCCCC(O)C(O)C(COC1OC(CO)C(O)C(O)C1O)NC(=O)C(O)CCCCCCCCCCCCCCC. The van der Waals surface area contributed by atoms with E-state index < -0.39 is 74.2 Å². The molecule has 0 radical (unpaired) electrons. The van der Waals surface area contributed by atoms with Crippen LogP contribution in [0.1, 0.15) is 271 Å². The fraction of sp³-hybridized carbons (Fsp3) is 0.981. The quantitative estimate of drug-likeness (QED) is 0.0273. The van der Waals surface area contributed by atoms with Gasteiger partial charge in [-0.1, -0.05) is 258 Å². The molecule has 0 bridgehead atoms.